The van der Waals surface area contributed by atoms with Crippen LogP contribution in [0.15, 0.2) is 53.4 Å². The average molecular weight is 364 g/mol. The molecule has 24 heavy (non-hydrogen) atoms. The maximum absolute atomic E-state index is 12.3. The van der Waals surface area contributed by atoms with Crippen LogP contribution in [0.5, 0.6) is 5.75 Å². The van der Waals surface area contributed by atoms with E-state index in [1.807, 2.05) is 0 Å². The van der Waals surface area contributed by atoms with Gasteiger partial charge >= 0.3 is 0 Å². The Morgan fingerprint density at radius 1 is 1.12 bits per heavy atom. The number of nitrogens with one attached hydrogen (secondary N) is 1. The molecule has 2 aromatic carbocycles. The first-order chi connectivity index (χ1) is 11.4. The molecule has 0 aromatic heterocycles. The minimum atomic E-state index is -0.942. The van der Waals surface area contributed by atoms with Crippen LogP contribution in [0.25, 0.3) is 0 Å². The van der Waals surface area contributed by atoms with Gasteiger partial charge in [-0.3, -0.25) is 4.79 Å². The molecule has 1 amide bonds. The van der Waals surface area contributed by atoms with E-state index in [-0.39, 0.29) is 5.91 Å². The zero-order valence-corrected chi connectivity index (χ0v) is 15.7. The maximum Gasteiger partial charge on any atom is 0.263 e. The van der Waals surface area contributed by atoms with Gasteiger partial charge in [-0.1, -0.05) is 29.3 Å². The Morgan fingerprint density at radius 3 is 2.38 bits per heavy atom. The smallest absolute Gasteiger partial charge is 0.263 e. The van der Waals surface area contributed by atoms with Crippen LogP contribution in [0.2, 0.25) is 5.02 Å². The molecule has 5 heteroatoms. The summed E-state index contributed by atoms with van der Waals surface area (Å²) in [6.45, 7) is 6.16. The lowest BCUT2D eigenvalue weighted by Gasteiger charge is -2.25. The molecule has 2 rings (SSSR count). The summed E-state index contributed by atoms with van der Waals surface area (Å²) in [5.41, 5.74) is 0.302. The lowest BCUT2D eigenvalue weighted by molar-refractivity contribution is -0.134. The number of aryl methyl sites for hydroxylation is 1. The molecule has 128 valence electrons. The number of rotatable bonds is 7. The van der Waals surface area contributed by atoms with Gasteiger partial charge in [0.2, 0.25) is 0 Å². The molecule has 0 aliphatic heterocycles. The molecule has 1 N–H and O–H groups in total. The van der Waals surface area contributed by atoms with Crippen LogP contribution < -0.4 is 10.1 Å². The lowest BCUT2D eigenvalue weighted by atomic mass is 10.1. The van der Waals surface area contributed by atoms with Gasteiger partial charge in [0.1, 0.15) is 5.75 Å². The van der Waals surface area contributed by atoms with E-state index < -0.39 is 5.60 Å². The van der Waals surface area contributed by atoms with E-state index in [1.165, 1.54) is 10.5 Å². The van der Waals surface area contributed by atoms with Crippen molar-refractivity contribution in [2.75, 3.05) is 12.3 Å². The van der Waals surface area contributed by atoms with Gasteiger partial charge in [0, 0.05) is 22.2 Å². The first-order valence-electron chi connectivity index (χ1n) is 7.79. The first-order valence-corrected chi connectivity index (χ1v) is 9.15. The van der Waals surface area contributed by atoms with Crippen LogP contribution in [-0.2, 0) is 4.79 Å². The van der Waals surface area contributed by atoms with Crippen molar-refractivity contribution < 1.29 is 9.53 Å². The number of carbonyl (C=O) groups is 1. The van der Waals surface area contributed by atoms with Crippen molar-refractivity contribution in [1.29, 1.82) is 0 Å². The van der Waals surface area contributed by atoms with Gasteiger partial charge < -0.3 is 10.1 Å². The molecular formula is C19H22ClNO2S. The van der Waals surface area contributed by atoms with E-state index in [0.717, 1.165) is 5.75 Å². The molecule has 0 saturated heterocycles. The third kappa shape index (κ3) is 5.77. The summed E-state index contributed by atoms with van der Waals surface area (Å²) in [4.78, 5) is 13.5. The Labute approximate surface area is 152 Å². The van der Waals surface area contributed by atoms with Crippen molar-refractivity contribution >= 4 is 29.3 Å². The molecule has 2 aromatic rings. The number of halogens is 1. The lowest BCUT2D eigenvalue weighted by Crippen LogP contribution is -2.47. The Morgan fingerprint density at radius 2 is 1.75 bits per heavy atom. The van der Waals surface area contributed by atoms with Crippen LogP contribution in [0.3, 0.4) is 0 Å². The van der Waals surface area contributed by atoms with Crippen LogP contribution in [0.1, 0.15) is 19.4 Å². The second-order valence-electron chi connectivity index (χ2n) is 5.98. The molecule has 0 atom stereocenters. The number of carbonyl (C=O) groups excluding carboxylic acids is 1. The summed E-state index contributed by atoms with van der Waals surface area (Å²) in [5.74, 6) is 1.29. The fourth-order valence-electron chi connectivity index (χ4n) is 2.02. The third-order valence-electron chi connectivity index (χ3n) is 3.41. The first kappa shape index (κ1) is 18.7. The van der Waals surface area contributed by atoms with E-state index in [2.05, 4.69) is 36.5 Å². The minimum Gasteiger partial charge on any atom is -0.478 e. The number of thioether (sulfide) groups is 1. The van der Waals surface area contributed by atoms with Gasteiger partial charge in [-0.15, -0.1) is 11.8 Å². The summed E-state index contributed by atoms with van der Waals surface area (Å²) in [6, 6.07) is 15.3. The van der Waals surface area contributed by atoms with Gasteiger partial charge in [-0.25, -0.2) is 0 Å². The number of hydrogen-bond acceptors (Lipinski definition) is 3. The molecule has 0 heterocycles. The van der Waals surface area contributed by atoms with E-state index in [0.29, 0.717) is 17.3 Å². The highest BCUT2D eigenvalue weighted by Gasteiger charge is 2.29. The fraction of sp³-hybridized carbons (Fsp3) is 0.316. The van der Waals surface area contributed by atoms with Crippen molar-refractivity contribution in [2.24, 2.45) is 0 Å². The van der Waals surface area contributed by atoms with Crippen molar-refractivity contribution in [1.82, 2.24) is 5.32 Å². The van der Waals surface area contributed by atoms with Crippen molar-refractivity contribution in [2.45, 2.75) is 31.3 Å². The molecule has 0 aliphatic carbocycles. The van der Waals surface area contributed by atoms with Crippen LogP contribution >= 0.6 is 23.4 Å². The Hall–Kier alpha value is -1.65. The van der Waals surface area contributed by atoms with Crippen molar-refractivity contribution in [3.8, 4) is 5.75 Å². The summed E-state index contributed by atoms with van der Waals surface area (Å²) < 4.78 is 5.77. The second-order valence-corrected chi connectivity index (χ2v) is 7.59. The standard InChI is InChI=1S/C19H22ClNO2S/c1-14-4-10-17(11-5-14)24-13-12-21-18(22)19(2,3)23-16-8-6-15(20)7-9-16/h4-11H,12-13H2,1-3H3,(H,21,22). The Bertz CT molecular complexity index is 669. The van der Waals surface area contributed by atoms with Crippen molar-refractivity contribution in [3.05, 3.63) is 59.1 Å². The topological polar surface area (TPSA) is 38.3 Å². The summed E-state index contributed by atoms with van der Waals surface area (Å²) in [5, 5.41) is 3.56. The molecule has 0 aliphatic rings. The highest BCUT2D eigenvalue weighted by molar-refractivity contribution is 7.99. The highest BCUT2D eigenvalue weighted by atomic mass is 35.5. The number of benzene rings is 2. The zero-order valence-electron chi connectivity index (χ0n) is 14.1. The highest BCUT2D eigenvalue weighted by Crippen LogP contribution is 2.21. The molecule has 0 saturated carbocycles. The monoisotopic (exact) mass is 363 g/mol. The van der Waals surface area contributed by atoms with Crippen LogP contribution in [0, 0.1) is 6.92 Å². The molecule has 0 fully saturated rings. The third-order valence-corrected chi connectivity index (χ3v) is 4.68. The summed E-state index contributed by atoms with van der Waals surface area (Å²) in [6.07, 6.45) is 0. The average Bonchev–Trinajstić information content (AvgIpc) is 2.55. The number of ether oxygens (including phenoxy) is 1. The second kappa shape index (κ2) is 8.45. The van der Waals surface area contributed by atoms with Gasteiger partial charge in [0.05, 0.1) is 0 Å². The number of amides is 1. The van der Waals surface area contributed by atoms with E-state index in [4.69, 9.17) is 16.3 Å². The number of hydrogen-bond donors (Lipinski definition) is 1. The van der Waals surface area contributed by atoms with Crippen LogP contribution in [-0.4, -0.2) is 23.8 Å². The van der Waals surface area contributed by atoms with E-state index in [1.54, 1.807) is 49.9 Å². The molecule has 0 spiro atoms. The predicted octanol–water partition coefficient (Wildman–Crippen LogP) is 4.71. The normalized spacial score (nSPS) is 11.2. The van der Waals surface area contributed by atoms with Gasteiger partial charge in [-0.05, 0) is 57.2 Å². The van der Waals surface area contributed by atoms with E-state index in [9.17, 15) is 4.79 Å². The molecular weight excluding hydrogens is 342 g/mol. The largest absolute Gasteiger partial charge is 0.478 e. The van der Waals surface area contributed by atoms with Gasteiger partial charge in [0.25, 0.3) is 5.91 Å². The summed E-state index contributed by atoms with van der Waals surface area (Å²) in [7, 11) is 0. The van der Waals surface area contributed by atoms with Crippen molar-refractivity contribution in [3.63, 3.8) is 0 Å². The summed E-state index contributed by atoms with van der Waals surface area (Å²) >= 11 is 7.57. The van der Waals surface area contributed by atoms with E-state index >= 15 is 0 Å². The molecule has 0 unspecified atom stereocenters. The SMILES string of the molecule is Cc1ccc(SCCNC(=O)C(C)(C)Oc2ccc(Cl)cc2)cc1. The van der Waals surface area contributed by atoms with Gasteiger partial charge in [-0.2, -0.15) is 0 Å². The zero-order chi connectivity index (χ0) is 17.6. The quantitative estimate of drug-likeness (QED) is 0.571. The van der Waals surface area contributed by atoms with Crippen LogP contribution in [0.4, 0.5) is 0 Å². The van der Waals surface area contributed by atoms with Gasteiger partial charge in [0.15, 0.2) is 5.60 Å². The maximum atomic E-state index is 12.3. The molecule has 3 nitrogen and oxygen atoms in total. The Balaban J connectivity index is 1.77. The predicted molar refractivity (Wildman–Crippen MR) is 101 cm³/mol. The minimum absolute atomic E-state index is 0.137. The molecule has 0 radical (unpaired) electrons. The fourth-order valence-corrected chi connectivity index (χ4v) is 2.92. The molecule has 0 bridgehead atoms. The Kier molecular flexibility index (Phi) is 6.58.